The van der Waals surface area contributed by atoms with Crippen molar-refractivity contribution < 1.29 is 22.3 Å². The number of benzene rings is 2. The number of piperidine rings is 1. The molecule has 0 bridgehead atoms. The van der Waals surface area contributed by atoms with Gasteiger partial charge in [-0.25, -0.2) is 21.9 Å². The highest BCUT2D eigenvalue weighted by atomic mass is 32.2. The van der Waals surface area contributed by atoms with Crippen molar-refractivity contribution in [3.05, 3.63) is 48.3 Å². The molecule has 0 radical (unpaired) electrons. The van der Waals surface area contributed by atoms with Gasteiger partial charge in [0.25, 0.3) is 0 Å². The Balaban J connectivity index is 1.68. The van der Waals surface area contributed by atoms with Gasteiger partial charge in [-0.15, -0.1) is 0 Å². The maximum absolute atomic E-state index is 13.6. The third-order valence-electron chi connectivity index (χ3n) is 5.35. The van der Waals surface area contributed by atoms with Gasteiger partial charge in [0, 0.05) is 43.5 Å². The van der Waals surface area contributed by atoms with Crippen LogP contribution < -0.4 is 10.1 Å². The highest BCUT2D eigenvalue weighted by Gasteiger charge is 2.29. The monoisotopic (exact) mass is 435 g/mol. The molecule has 0 unspecified atom stereocenters. The van der Waals surface area contributed by atoms with E-state index in [1.165, 1.54) is 29.8 Å². The lowest BCUT2D eigenvalue weighted by atomic mass is 10.0. The van der Waals surface area contributed by atoms with E-state index in [4.69, 9.17) is 4.74 Å². The van der Waals surface area contributed by atoms with Gasteiger partial charge in [-0.3, -0.25) is 0 Å². The fourth-order valence-electron chi connectivity index (χ4n) is 3.60. The zero-order valence-electron chi connectivity index (χ0n) is 17.3. The van der Waals surface area contributed by atoms with Gasteiger partial charge in [-0.05, 0) is 42.7 Å². The number of carbonyl (C=O) groups excluding carboxylic acids is 1. The average molecular weight is 436 g/mol. The Bertz CT molecular complexity index is 1020. The quantitative estimate of drug-likeness (QED) is 0.781. The molecule has 2 aromatic carbocycles. The molecule has 162 valence electrons. The van der Waals surface area contributed by atoms with Crippen molar-refractivity contribution >= 4 is 21.7 Å². The van der Waals surface area contributed by atoms with Crippen LogP contribution in [0, 0.1) is 5.82 Å². The molecule has 1 heterocycles. The van der Waals surface area contributed by atoms with Gasteiger partial charge < -0.3 is 15.0 Å². The number of anilines is 1. The largest absolute Gasteiger partial charge is 0.496 e. The molecule has 30 heavy (non-hydrogen) atoms. The Morgan fingerprint density at radius 1 is 1.20 bits per heavy atom. The molecule has 1 saturated heterocycles. The zero-order chi connectivity index (χ0) is 21.9. The fraction of sp³-hybridized carbons (Fsp3) is 0.381. The van der Waals surface area contributed by atoms with Crippen LogP contribution in [0.15, 0.2) is 42.5 Å². The van der Waals surface area contributed by atoms with Crippen LogP contribution in [0.4, 0.5) is 14.9 Å². The first kappa shape index (κ1) is 22.0. The van der Waals surface area contributed by atoms with E-state index in [9.17, 15) is 17.6 Å². The molecule has 3 rings (SSSR count). The van der Waals surface area contributed by atoms with Crippen molar-refractivity contribution in [1.82, 2.24) is 9.21 Å². The SMILES string of the molecule is COc1cc(NC(=O)N(C)C2CCN(S(C)(=O)=O)CC2)ccc1-c1cccc(F)c1. The van der Waals surface area contributed by atoms with Crippen LogP contribution >= 0.6 is 0 Å². The number of nitrogens with zero attached hydrogens (tertiary/aromatic N) is 2. The van der Waals surface area contributed by atoms with Crippen molar-refractivity contribution in [2.45, 2.75) is 18.9 Å². The summed E-state index contributed by atoms with van der Waals surface area (Å²) in [4.78, 5) is 14.3. The van der Waals surface area contributed by atoms with Crippen LogP contribution in [0.5, 0.6) is 5.75 Å². The van der Waals surface area contributed by atoms with E-state index in [-0.39, 0.29) is 17.9 Å². The second kappa shape index (κ2) is 9.01. The molecule has 9 heteroatoms. The third-order valence-corrected chi connectivity index (χ3v) is 6.65. The van der Waals surface area contributed by atoms with Crippen molar-refractivity contribution in [3.8, 4) is 16.9 Å². The van der Waals surface area contributed by atoms with Gasteiger partial charge in [-0.1, -0.05) is 12.1 Å². The molecule has 0 aromatic heterocycles. The second-order valence-electron chi connectivity index (χ2n) is 7.36. The summed E-state index contributed by atoms with van der Waals surface area (Å²) in [6, 6.07) is 11.1. The van der Waals surface area contributed by atoms with Crippen LogP contribution in [0.25, 0.3) is 11.1 Å². The van der Waals surface area contributed by atoms with E-state index < -0.39 is 10.0 Å². The average Bonchev–Trinajstić information content (AvgIpc) is 2.72. The summed E-state index contributed by atoms with van der Waals surface area (Å²) >= 11 is 0. The van der Waals surface area contributed by atoms with E-state index in [0.717, 1.165) is 5.56 Å². The van der Waals surface area contributed by atoms with Crippen molar-refractivity contribution in [1.29, 1.82) is 0 Å². The highest BCUT2D eigenvalue weighted by molar-refractivity contribution is 7.88. The molecule has 1 aliphatic heterocycles. The summed E-state index contributed by atoms with van der Waals surface area (Å²) in [5.74, 6) is 0.179. The number of halogens is 1. The van der Waals surface area contributed by atoms with E-state index in [0.29, 0.717) is 42.9 Å². The molecule has 0 spiro atoms. The Morgan fingerprint density at radius 3 is 2.50 bits per heavy atom. The Labute approximate surface area is 176 Å². The van der Waals surface area contributed by atoms with Crippen LogP contribution in [0.1, 0.15) is 12.8 Å². The van der Waals surface area contributed by atoms with Crippen LogP contribution in [0.2, 0.25) is 0 Å². The molecule has 1 fully saturated rings. The molecule has 0 aliphatic carbocycles. The fourth-order valence-corrected chi connectivity index (χ4v) is 4.48. The summed E-state index contributed by atoms with van der Waals surface area (Å²) in [5, 5.41) is 2.85. The maximum atomic E-state index is 13.6. The van der Waals surface area contributed by atoms with Gasteiger partial charge >= 0.3 is 6.03 Å². The first-order valence-corrected chi connectivity index (χ1v) is 11.5. The predicted octanol–water partition coefficient (Wildman–Crippen LogP) is 3.39. The Kier molecular flexibility index (Phi) is 6.62. The van der Waals surface area contributed by atoms with Crippen molar-refractivity contribution in [3.63, 3.8) is 0 Å². The minimum atomic E-state index is -3.20. The molecule has 7 nitrogen and oxygen atoms in total. The van der Waals surface area contributed by atoms with Crippen LogP contribution in [-0.4, -0.2) is 63.2 Å². The molecular formula is C21H26FN3O4S. The van der Waals surface area contributed by atoms with E-state index in [1.807, 2.05) is 0 Å². The normalized spacial score (nSPS) is 15.6. The lowest BCUT2D eigenvalue weighted by Gasteiger charge is -2.35. The summed E-state index contributed by atoms with van der Waals surface area (Å²) in [6.07, 6.45) is 2.36. The summed E-state index contributed by atoms with van der Waals surface area (Å²) < 4.78 is 43.7. The zero-order valence-corrected chi connectivity index (χ0v) is 18.1. The first-order valence-electron chi connectivity index (χ1n) is 9.62. The van der Waals surface area contributed by atoms with E-state index in [2.05, 4.69) is 5.32 Å². The number of hydrogen-bond donors (Lipinski definition) is 1. The van der Waals surface area contributed by atoms with E-state index in [1.54, 1.807) is 42.3 Å². The highest BCUT2D eigenvalue weighted by Crippen LogP contribution is 2.33. The van der Waals surface area contributed by atoms with Gasteiger partial charge in [0.15, 0.2) is 0 Å². The number of amides is 2. The van der Waals surface area contributed by atoms with Crippen molar-refractivity contribution in [2.24, 2.45) is 0 Å². The molecule has 0 atom stereocenters. The summed E-state index contributed by atoms with van der Waals surface area (Å²) in [6.45, 7) is 0.800. The standard InChI is InChI=1S/C21H26FN3O4S/c1-24(18-9-11-25(12-10-18)30(3,27)28)21(26)23-17-7-8-19(20(14-17)29-2)15-5-4-6-16(22)13-15/h4-8,13-14,18H,9-12H2,1-3H3,(H,23,26). The lowest BCUT2D eigenvalue weighted by Crippen LogP contribution is -2.48. The van der Waals surface area contributed by atoms with Crippen LogP contribution in [-0.2, 0) is 10.0 Å². The lowest BCUT2D eigenvalue weighted by molar-refractivity contribution is 0.174. The van der Waals surface area contributed by atoms with Gasteiger partial charge in [0.05, 0.1) is 13.4 Å². The first-order chi connectivity index (χ1) is 14.2. The Morgan fingerprint density at radius 2 is 1.90 bits per heavy atom. The topological polar surface area (TPSA) is 79.0 Å². The number of urea groups is 1. The predicted molar refractivity (Wildman–Crippen MR) is 115 cm³/mol. The smallest absolute Gasteiger partial charge is 0.321 e. The number of carbonyl (C=O) groups is 1. The number of ether oxygens (including phenoxy) is 1. The number of rotatable bonds is 5. The molecule has 2 aromatic rings. The Hall–Kier alpha value is -2.65. The number of methoxy groups -OCH3 is 1. The molecule has 1 N–H and O–H groups in total. The molecule has 0 saturated carbocycles. The summed E-state index contributed by atoms with van der Waals surface area (Å²) in [7, 11) is 0.0177. The summed E-state index contributed by atoms with van der Waals surface area (Å²) in [5.41, 5.74) is 1.95. The van der Waals surface area contributed by atoms with Crippen LogP contribution in [0.3, 0.4) is 0 Å². The molecule has 1 aliphatic rings. The molecule has 2 amide bonds. The van der Waals surface area contributed by atoms with Gasteiger partial charge in [0.1, 0.15) is 11.6 Å². The maximum Gasteiger partial charge on any atom is 0.321 e. The third kappa shape index (κ3) is 5.09. The van der Waals surface area contributed by atoms with E-state index >= 15 is 0 Å². The van der Waals surface area contributed by atoms with Gasteiger partial charge in [0.2, 0.25) is 10.0 Å². The molecular weight excluding hydrogens is 409 g/mol. The number of sulfonamides is 1. The minimum Gasteiger partial charge on any atom is -0.496 e. The number of hydrogen-bond acceptors (Lipinski definition) is 4. The second-order valence-corrected chi connectivity index (χ2v) is 9.34. The van der Waals surface area contributed by atoms with Gasteiger partial charge in [-0.2, -0.15) is 0 Å². The minimum absolute atomic E-state index is 0.0449. The van der Waals surface area contributed by atoms with Crippen molar-refractivity contribution in [2.75, 3.05) is 38.8 Å². The number of nitrogens with one attached hydrogen (secondary N) is 1.